The number of piperazine rings is 1. The van der Waals surface area contributed by atoms with E-state index < -0.39 is 10.0 Å². The lowest BCUT2D eigenvalue weighted by atomic mass is 10.2. The van der Waals surface area contributed by atoms with Crippen molar-refractivity contribution in [3.8, 4) is 6.07 Å². The highest BCUT2D eigenvalue weighted by Gasteiger charge is 2.24. The van der Waals surface area contributed by atoms with Gasteiger partial charge in [-0.3, -0.25) is 4.90 Å². The van der Waals surface area contributed by atoms with Crippen LogP contribution in [0.3, 0.4) is 0 Å². The van der Waals surface area contributed by atoms with Gasteiger partial charge in [0.1, 0.15) is 16.8 Å². The molecule has 1 aliphatic rings. The third-order valence-corrected chi connectivity index (χ3v) is 7.88. The van der Waals surface area contributed by atoms with Gasteiger partial charge in [0.2, 0.25) is 0 Å². The summed E-state index contributed by atoms with van der Waals surface area (Å²) in [5.74, 6) is 0.471. The number of pyridine rings is 1. The van der Waals surface area contributed by atoms with Gasteiger partial charge < -0.3 is 15.3 Å². The van der Waals surface area contributed by atoms with E-state index in [1.165, 1.54) is 18.3 Å². The summed E-state index contributed by atoms with van der Waals surface area (Å²) in [4.78, 5) is 8.85. The van der Waals surface area contributed by atoms with Crippen molar-refractivity contribution in [3.05, 3.63) is 72.6 Å². The van der Waals surface area contributed by atoms with E-state index in [9.17, 15) is 13.7 Å². The highest BCUT2D eigenvalue weighted by atomic mass is 32.2. The molecule has 0 saturated carbocycles. The Hall–Kier alpha value is -3.98. The fourth-order valence-corrected chi connectivity index (χ4v) is 5.73. The van der Waals surface area contributed by atoms with Crippen LogP contribution < -0.4 is 10.2 Å². The Labute approximate surface area is 209 Å². The summed E-state index contributed by atoms with van der Waals surface area (Å²) < 4.78 is 27.5. The van der Waals surface area contributed by atoms with Gasteiger partial charge in [-0.05, 0) is 36.4 Å². The summed E-state index contributed by atoms with van der Waals surface area (Å²) in [6.07, 6.45) is 3.00. The number of fused-ring (bicyclic) bond motifs is 1. The van der Waals surface area contributed by atoms with Gasteiger partial charge in [0, 0.05) is 61.7 Å². The molecule has 11 heteroatoms. The number of aliphatic hydroxyl groups is 1. The number of aromatic nitrogens is 3. The molecule has 1 fully saturated rings. The Kier molecular flexibility index (Phi) is 6.56. The molecule has 0 aliphatic carbocycles. The molecule has 1 saturated heterocycles. The summed E-state index contributed by atoms with van der Waals surface area (Å²) in [5, 5.41) is 26.3. The molecule has 2 aromatic carbocycles. The van der Waals surface area contributed by atoms with Crippen LogP contribution in [0.2, 0.25) is 0 Å². The molecule has 2 N–H and O–H groups in total. The SMILES string of the molecule is N#Cc1ccccc1S(=O)(=O)n1ncc2cnc(Nc3ccc(N4CCN(CCO)CC4)cc3)cc21. The van der Waals surface area contributed by atoms with Crippen LogP contribution in [0.15, 0.2) is 71.9 Å². The molecule has 5 rings (SSSR count). The fourth-order valence-electron chi connectivity index (χ4n) is 4.31. The number of β-amino-alcohol motifs (C(OH)–C–C–N with tert-alkyl or cyclic N) is 1. The molecule has 36 heavy (non-hydrogen) atoms. The molecule has 0 atom stereocenters. The number of nitrogens with zero attached hydrogens (tertiary/aromatic N) is 6. The van der Waals surface area contributed by atoms with Gasteiger partial charge in [-0.1, -0.05) is 12.1 Å². The van der Waals surface area contributed by atoms with Crippen molar-refractivity contribution in [2.75, 3.05) is 49.5 Å². The van der Waals surface area contributed by atoms with E-state index in [2.05, 4.69) is 25.2 Å². The third-order valence-electron chi connectivity index (χ3n) is 6.23. The Bertz CT molecular complexity index is 1520. The summed E-state index contributed by atoms with van der Waals surface area (Å²) >= 11 is 0. The number of rotatable bonds is 7. The molecular formula is C25H25N7O3S. The zero-order valence-electron chi connectivity index (χ0n) is 19.4. The van der Waals surface area contributed by atoms with Crippen molar-refractivity contribution >= 4 is 38.1 Å². The maximum atomic E-state index is 13.3. The number of aliphatic hydroxyl groups excluding tert-OH is 1. The van der Waals surface area contributed by atoms with Crippen molar-refractivity contribution in [2.45, 2.75) is 4.90 Å². The molecule has 0 radical (unpaired) electrons. The van der Waals surface area contributed by atoms with Crippen LogP contribution in [0.4, 0.5) is 17.2 Å². The van der Waals surface area contributed by atoms with Crippen molar-refractivity contribution in [1.82, 2.24) is 19.1 Å². The van der Waals surface area contributed by atoms with Crippen molar-refractivity contribution in [1.29, 1.82) is 5.26 Å². The Morgan fingerprint density at radius 3 is 2.50 bits per heavy atom. The van der Waals surface area contributed by atoms with E-state index >= 15 is 0 Å². The second-order valence-electron chi connectivity index (χ2n) is 8.45. The normalized spacial score (nSPS) is 14.6. The predicted octanol–water partition coefficient (Wildman–Crippen LogP) is 2.40. The molecule has 0 unspecified atom stereocenters. The second kappa shape index (κ2) is 9.94. The number of anilines is 3. The maximum Gasteiger partial charge on any atom is 0.284 e. The van der Waals surface area contributed by atoms with Crippen LogP contribution >= 0.6 is 0 Å². The summed E-state index contributed by atoms with van der Waals surface area (Å²) in [7, 11) is -4.08. The molecule has 4 aromatic rings. The van der Waals surface area contributed by atoms with Gasteiger partial charge in [0.25, 0.3) is 10.0 Å². The minimum absolute atomic E-state index is 0.0588. The van der Waals surface area contributed by atoms with E-state index in [0.29, 0.717) is 23.3 Å². The topological polar surface area (TPSA) is 127 Å². The van der Waals surface area contributed by atoms with E-state index in [1.54, 1.807) is 24.4 Å². The standard InChI is InChI=1S/C25H25N7O3S/c26-16-19-3-1-2-4-24(19)36(34,35)32-23-15-25(27-17-20(23)18-28-32)29-21-5-7-22(8-6-21)31-11-9-30(10-12-31)13-14-33/h1-8,15,17-18,33H,9-14H2,(H,27,29). The first-order valence-corrected chi connectivity index (χ1v) is 13.0. The van der Waals surface area contributed by atoms with E-state index in [1.807, 2.05) is 30.3 Å². The van der Waals surface area contributed by atoms with Crippen molar-refractivity contribution in [3.63, 3.8) is 0 Å². The zero-order chi connectivity index (χ0) is 25.1. The molecule has 184 valence electrons. The smallest absolute Gasteiger partial charge is 0.284 e. The lowest BCUT2D eigenvalue weighted by molar-refractivity contribution is 0.189. The quantitative estimate of drug-likeness (QED) is 0.391. The number of benzene rings is 2. The fraction of sp³-hybridized carbons (Fsp3) is 0.240. The maximum absolute atomic E-state index is 13.3. The molecule has 0 amide bonds. The summed E-state index contributed by atoms with van der Waals surface area (Å²) in [6.45, 7) is 4.52. The summed E-state index contributed by atoms with van der Waals surface area (Å²) in [5.41, 5.74) is 2.35. The Balaban J connectivity index is 1.36. The summed E-state index contributed by atoms with van der Waals surface area (Å²) in [6, 6.07) is 17.6. The lowest BCUT2D eigenvalue weighted by Crippen LogP contribution is -2.47. The highest BCUT2D eigenvalue weighted by molar-refractivity contribution is 7.90. The number of hydrogen-bond acceptors (Lipinski definition) is 9. The zero-order valence-corrected chi connectivity index (χ0v) is 20.3. The molecule has 0 spiro atoms. The van der Waals surface area contributed by atoms with Gasteiger partial charge in [0.05, 0.1) is 23.9 Å². The highest BCUT2D eigenvalue weighted by Crippen LogP contribution is 2.26. The van der Waals surface area contributed by atoms with Crippen molar-refractivity contribution < 1.29 is 13.5 Å². The number of nitrogens with one attached hydrogen (secondary N) is 1. The van der Waals surface area contributed by atoms with Gasteiger partial charge in [-0.2, -0.15) is 22.9 Å². The third kappa shape index (κ3) is 4.61. The Morgan fingerprint density at radius 1 is 1.03 bits per heavy atom. The minimum Gasteiger partial charge on any atom is -0.395 e. The number of nitriles is 1. The van der Waals surface area contributed by atoms with Gasteiger partial charge in [-0.25, -0.2) is 4.98 Å². The van der Waals surface area contributed by atoms with Crippen LogP contribution in [0, 0.1) is 11.3 Å². The lowest BCUT2D eigenvalue weighted by Gasteiger charge is -2.35. The van der Waals surface area contributed by atoms with Crippen molar-refractivity contribution in [2.24, 2.45) is 0 Å². The van der Waals surface area contributed by atoms with E-state index in [-0.39, 0.29) is 17.1 Å². The van der Waals surface area contributed by atoms with Gasteiger partial charge in [0.15, 0.2) is 0 Å². The average Bonchev–Trinajstić information content (AvgIpc) is 3.34. The molecule has 3 heterocycles. The minimum atomic E-state index is -4.08. The van der Waals surface area contributed by atoms with Crippen LogP contribution in [0.1, 0.15) is 5.56 Å². The predicted molar refractivity (Wildman–Crippen MR) is 137 cm³/mol. The molecule has 1 aliphatic heterocycles. The molecule has 0 bridgehead atoms. The van der Waals surface area contributed by atoms with Gasteiger partial charge >= 0.3 is 0 Å². The second-order valence-corrected chi connectivity index (χ2v) is 10.2. The van der Waals surface area contributed by atoms with E-state index in [4.69, 9.17) is 5.11 Å². The first kappa shape index (κ1) is 23.7. The molecule has 2 aromatic heterocycles. The first-order chi connectivity index (χ1) is 17.5. The first-order valence-electron chi connectivity index (χ1n) is 11.5. The van der Waals surface area contributed by atoms with Crippen LogP contribution in [0.5, 0.6) is 0 Å². The van der Waals surface area contributed by atoms with Gasteiger partial charge in [-0.15, -0.1) is 0 Å². The monoisotopic (exact) mass is 503 g/mol. The molecule has 10 nitrogen and oxygen atoms in total. The average molecular weight is 504 g/mol. The molecular weight excluding hydrogens is 478 g/mol. The largest absolute Gasteiger partial charge is 0.395 e. The van der Waals surface area contributed by atoms with Crippen LogP contribution in [-0.4, -0.2) is 71.9 Å². The van der Waals surface area contributed by atoms with Crippen LogP contribution in [0.25, 0.3) is 10.9 Å². The Morgan fingerprint density at radius 2 is 1.78 bits per heavy atom. The van der Waals surface area contributed by atoms with Crippen LogP contribution in [-0.2, 0) is 10.0 Å². The number of hydrogen-bond donors (Lipinski definition) is 2. The van der Waals surface area contributed by atoms with E-state index in [0.717, 1.165) is 41.6 Å².